The van der Waals surface area contributed by atoms with Gasteiger partial charge in [0, 0.05) is 25.7 Å². The van der Waals surface area contributed by atoms with Crippen molar-refractivity contribution in [2.24, 2.45) is 0 Å². The van der Waals surface area contributed by atoms with Crippen LogP contribution in [0.3, 0.4) is 0 Å². The zero-order chi connectivity index (χ0) is 19.1. The number of nitrogens with one attached hydrogen (secondary N) is 1. The average Bonchev–Trinajstić information content (AvgIpc) is 3.13. The molecule has 0 saturated heterocycles. The van der Waals surface area contributed by atoms with Crippen molar-refractivity contribution in [3.05, 3.63) is 58.4 Å². The number of rotatable bonds is 3. The molecule has 4 rings (SSSR count). The minimum absolute atomic E-state index is 0.176. The number of carbonyl (C=O) groups is 1. The molecule has 0 aliphatic carbocycles. The van der Waals surface area contributed by atoms with Gasteiger partial charge in [-0.05, 0) is 6.07 Å². The van der Waals surface area contributed by atoms with E-state index in [1.54, 1.807) is 30.6 Å². The predicted molar refractivity (Wildman–Crippen MR) is 101 cm³/mol. The molecular formula is C19H17N5O3. The molecule has 0 saturated carbocycles. The Bertz CT molecular complexity index is 1230. The molecule has 0 unspecified atom stereocenters. The van der Waals surface area contributed by atoms with Crippen molar-refractivity contribution in [3.63, 3.8) is 0 Å². The lowest BCUT2D eigenvalue weighted by molar-refractivity contribution is 0.0824. The first-order valence-electron chi connectivity index (χ1n) is 8.27. The Hall–Kier alpha value is -3.68. The number of aromatic nitrogens is 4. The van der Waals surface area contributed by atoms with Crippen LogP contribution in [0.5, 0.6) is 5.75 Å². The van der Waals surface area contributed by atoms with E-state index in [9.17, 15) is 9.59 Å². The zero-order valence-corrected chi connectivity index (χ0v) is 15.1. The van der Waals surface area contributed by atoms with Crippen molar-refractivity contribution in [2.45, 2.75) is 0 Å². The van der Waals surface area contributed by atoms with E-state index in [4.69, 9.17) is 4.74 Å². The highest BCUT2D eigenvalue weighted by Crippen LogP contribution is 2.28. The summed E-state index contributed by atoms with van der Waals surface area (Å²) in [5.74, 6) is 0.722. The predicted octanol–water partition coefficient (Wildman–Crippen LogP) is 1.95. The smallest absolute Gasteiger partial charge is 0.294 e. The van der Waals surface area contributed by atoms with Gasteiger partial charge in [-0.1, -0.05) is 30.3 Å². The molecule has 136 valence electrons. The lowest BCUT2D eigenvalue weighted by Gasteiger charge is -2.15. The van der Waals surface area contributed by atoms with E-state index in [2.05, 4.69) is 15.2 Å². The van der Waals surface area contributed by atoms with Gasteiger partial charge in [-0.25, -0.2) is 0 Å². The number of hydrogen-bond donors (Lipinski definition) is 1. The molecule has 2 aromatic carbocycles. The van der Waals surface area contributed by atoms with Crippen molar-refractivity contribution < 1.29 is 9.53 Å². The fraction of sp³-hybridized carbons (Fsp3) is 0.158. The summed E-state index contributed by atoms with van der Waals surface area (Å²) in [7, 11) is 4.82. The van der Waals surface area contributed by atoms with Gasteiger partial charge in [0.15, 0.2) is 5.82 Å². The molecule has 4 aromatic rings. The fourth-order valence-corrected chi connectivity index (χ4v) is 3.04. The molecule has 8 nitrogen and oxygen atoms in total. The maximum absolute atomic E-state index is 12.5. The second-order valence-electron chi connectivity index (χ2n) is 6.27. The van der Waals surface area contributed by atoms with Crippen LogP contribution in [0, 0.1) is 0 Å². The number of amides is 1. The highest BCUT2D eigenvalue weighted by atomic mass is 16.5. The van der Waals surface area contributed by atoms with Gasteiger partial charge >= 0.3 is 0 Å². The van der Waals surface area contributed by atoms with Gasteiger partial charge in [0.2, 0.25) is 5.65 Å². The Morgan fingerprint density at radius 2 is 1.89 bits per heavy atom. The molecule has 0 atom stereocenters. The monoisotopic (exact) mass is 363 g/mol. The molecule has 0 radical (unpaired) electrons. The van der Waals surface area contributed by atoms with Gasteiger partial charge in [-0.2, -0.15) is 0 Å². The Balaban J connectivity index is 2.10. The number of H-pyrrole nitrogens is 1. The summed E-state index contributed by atoms with van der Waals surface area (Å²) in [6, 6.07) is 12.8. The van der Waals surface area contributed by atoms with Crippen molar-refractivity contribution in [1.29, 1.82) is 0 Å². The van der Waals surface area contributed by atoms with Crippen LogP contribution in [0.2, 0.25) is 0 Å². The number of aromatic amines is 1. The van der Waals surface area contributed by atoms with Crippen LogP contribution >= 0.6 is 0 Å². The SMILES string of the molecule is COc1cc2c(cc1C(=O)N(C)C)[nH]c(=O)c1nnc(-c3ccccc3)n12. The lowest BCUT2D eigenvalue weighted by atomic mass is 10.1. The second kappa shape index (κ2) is 6.24. The van der Waals surface area contributed by atoms with Crippen molar-refractivity contribution in [3.8, 4) is 17.1 Å². The molecule has 0 aliphatic heterocycles. The fourth-order valence-electron chi connectivity index (χ4n) is 3.04. The quantitative estimate of drug-likeness (QED) is 0.601. The Kier molecular flexibility index (Phi) is 3.88. The molecule has 2 aromatic heterocycles. The van der Waals surface area contributed by atoms with Crippen LogP contribution in [0.4, 0.5) is 0 Å². The summed E-state index contributed by atoms with van der Waals surface area (Å²) in [4.78, 5) is 29.2. The van der Waals surface area contributed by atoms with Crippen LogP contribution in [0.15, 0.2) is 47.3 Å². The molecule has 27 heavy (non-hydrogen) atoms. The molecular weight excluding hydrogens is 346 g/mol. The topological polar surface area (TPSA) is 92.6 Å². The highest BCUT2D eigenvalue weighted by molar-refractivity contribution is 6.00. The van der Waals surface area contributed by atoms with E-state index in [1.165, 1.54) is 12.0 Å². The molecule has 8 heteroatoms. The van der Waals surface area contributed by atoms with Crippen LogP contribution in [-0.4, -0.2) is 51.6 Å². The Morgan fingerprint density at radius 1 is 1.15 bits per heavy atom. The molecule has 0 aliphatic rings. The van der Waals surface area contributed by atoms with Gasteiger partial charge < -0.3 is 14.6 Å². The van der Waals surface area contributed by atoms with Crippen LogP contribution in [0.25, 0.3) is 28.1 Å². The summed E-state index contributed by atoms with van der Waals surface area (Å²) in [6.45, 7) is 0. The van der Waals surface area contributed by atoms with Gasteiger partial charge in [0.05, 0.1) is 23.7 Å². The first-order valence-corrected chi connectivity index (χ1v) is 8.27. The van der Waals surface area contributed by atoms with E-state index < -0.39 is 0 Å². The summed E-state index contributed by atoms with van der Waals surface area (Å²) in [5.41, 5.74) is 2.11. The Labute approximate surface area is 154 Å². The summed E-state index contributed by atoms with van der Waals surface area (Å²) in [6.07, 6.45) is 0. The highest BCUT2D eigenvalue weighted by Gasteiger charge is 2.20. The van der Waals surface area contributed by atoms with Crippen molar-refractivity contribution >= 4 is 22.6 Å². The summed E-state index contributed by atoms with van der Waals surface area (Å²) >= 11 is 0. The Morgan fingerprint density at radius 3 is 2.56 bits per heavy atom. The lowest BCUT2D eigenvalue weighted by Crippen LogP contribution is -2.22. The number of fused-ring (bicyclic) bond motifs is 3. The average molecular weight is 363 g/mol. The normalized spacial score (nSPS) is 11.1. The molecule has 0 fully saturated rings. The van der Waals surface area contributed by atoms with E-state index in [1.807, 2.05) is 30.3 Å². The number of methoxy groups -OCH3 is 1. The minimum Gasteiger partial charge on any atom is -0.496 e. The number of ether oxygens (including phenoxy) is 1. The van der Waals surface area contributed by atoms with Gasteiger partial charge in [0.25, 0.3) is 11.5 Å². The maximum Gasteiger partial charge on any atom is 0.294 e. The molecule has 0 spiro atoms. The van der Waals surface area contributed by atoms with E-state index in [0.717, 1.165) is 5.56 Å². The van der Waals surface area contributed by atoms with Gasteiger partial charge in [-0.15, -0.1) is 10.2 Å². The number of hydrogen-bond acceptors (Lipinski definition) is 5. The molecule has 2 heterocycles. The zero-order valence-electron chi connectivity index (χ0n) is 15.1. The first-order chi connectivity index (χ1) is 13.0. The first kappa shape index (κ1) is 16.8. The van der Waals surface area contributed by atoms with Crippen molar-refractivity contribution in [2.75, 3.05) is 21.2 Å². The summed E-state index contributed by atoms with van der Waals surface area (Å²) < 4.78 is 7.11. The number of benzene rings is 2. The second-order valence-corrected chi connectivity index (χ2v) is 6.27. The number of carbonyl (C=O) groups excluding carboxylic acids is 1. The van der Waals surface area contributed by atoms with Crippen LogP contribution < -0.4 is 10.3 Å². The van der Waals surface area contributed by atoms with E-state index >= 15 is 0 Å². The van der Waals surface area contributed by atoms with Gasteiger partial charge in [0.1, 0.15) is 5.75 Å². The maximum atomic E-state index is 12.5. The molecule has 1 amide bonds. The summed E-state index contributed by atoms with van der Waals surface area (Å²) in [5, 5.41) is 8.23. The minimum atomic E-state index is -0.384. The standard InChI is InChI=1S/C19H17N5O3/c1-23(2)19(26)12-9-13-14(10-15(12)27-3)24-16(11-7-5-4-6-8-11)21-22-17(24)18(25)20-13/h4-10H,1-3H3,(H,20,25). The molecule has 1 N–H and O–H groups in total. The van der Waals surface area contributed by atoms with E-state index in [0.29, 0.717) is 28.2 Å². The van der Waals surface area contributed by atoms with Gasteiger partial charge in [-0.3, -0.25) is 14.0 Å². The number of nitrogens with zero attached hydrogens (tertiary/aromatic N) is 4. The molecule has 0 bridgehead atoms. The third kappa shape index (κ3) is 2.62. The van der Waals surface area contributed by atoms with E-state index in [-0.39, 0.29) is 17.1 Å². The third-order valence-corrected chi connectivity index (χ3v) is 4.34. The van der Waals surface area contributed by atoms with Crippen LogP contribution in [-0.2, 0) is 0 Å². The largest absolute Gasteiger partial charge is 0.496 e. The third-order valence-electron chi connectivity index (χ3n) is 4.34. The van der Waals surface area contributed by atoms with Crippen molar-refractivity contribution in [1.82, 2.24) is 24.5 Å². The van der Waals surface area contributed by atoms with Crippen LogP contribution in [0.1, 0.15) is 10.4 Å².